The molecule has 0 aliphatic carbocycles. The zero-order valence-electron chi connectivity index (χ0n) is 10.2. The van der Waals surface area contributed by atoms with Crippen LogP contribution >= 0.6 is 0 Å². The summed E-state index contributed by atoms with van der Waals surface area (Å²) in [5, 5.41) is 0. The van der Waals surface area contributed by atoms with E-state index in [9.17, 15) is 4.79 Å². The summed E-state index contributed by atoms with van der Waals surface area (Å²) in [7, 11) is 0. The maximum atomic E-state index is 11.5. The van der Waals surface area contributed by atoms with E-state index in [-0.39, 0.29) is 11.9 Å². The number of carbonyl (C=O) groups is 1. The van der Waals surface area contributed by atoms with Gasteiger partial charge in [0.25, 0.3) is 0 Å². The molecule has 1 heterocycles. The van der Waals surface area contributed by atoms with Crippen LogP contribution in [0.2, 0.25) is 0 Å². The van der Waals surface area contributed by atoms with Crippen molar-refractivity contribution in [2.24, 2.45) is 11.8 Å². The monoisotopic (exact) mass is 213 g/mol. The molecular formula is C12H23NO2. The van der Waals surface area contributed by atoms with E-state index in [1.54, 1.807) is 0 Å². The molecular weight excluding hydrogens is 190 g/mol. The van der Waals surface area contributed by atoms with Crippen LogP contribution in [0.1, 0.15) is 33.6 Å². The molecule has 0 unspecified atom stereocenters. The number of hydrogen-bond acceptors (Lipinski definition) is 3. The third-order valence-corrected chi connectivity index (χ3v) is 2.83. The molecule has 0 N–H and O–H groups in total. The van der Waals surface area contributed by atoms with Crippen molar-refractivity contribution in [2.75, 3.05) is 26.2 Å². The predicted octanol–water partition coefficient (Wildman–Crippen LogP) is 1.92. The fourth-order valence-electron chi connectivity index (χ4n) is 2.13. The van der Waals surface area contributed by atoms with Gasteiger partial charge in [0.15, 0.2) is 0 Å². The lowest BCUT2D eigenvalue weighted by Crippen LogP contribution is -2.38. The maximum Gasteiger partial charge on any atom is 0.309 e. The van der Waals surface area contributed by atoms with Gasteiger partial charge in [-0.15, -0.1) is 0 Å². The molecule has 3 heteroatoms. The summed E-state index contributed by atoms with van der Waals surface area (Å²) in [5.41, 5.74) is 0. The van der Waals surface area contributed by atoms with Crippen molar-refractivity contribution in [2.45, 2.75) is 33.6 Å². The van der Waals surface area contributed by atoms with Gasteiger partial charge in [-0.3, -0.25) is 4.79 Å². The van der Waals surface area contributed by atoms with Crippen LogP contribution in [0.4, 0.5) is 0 Å². The van der Waals surface area contributed by atoms with Crippen LogP contribution in [0.15, 0.2) is 0 Å². The minimum Gasteiger partial charge on any atom is -0.466 e. The Morgan fingerprint density at radius 3 is 2.47 bits per heavy atom. The Labute approximate surface area is 92.8 Å². The minimum absolute atomic E-state index is 0.00157. The molecule has 0 radical (unpaired) electrons. The minimum atomic E-state index is 0.00157. The third kappa shape index (κ3) is 4.20. The number of carbonyl (C=O) groups excluding carboxylic acids is 1. The Morgan fingerprint density at radius 2 is 2.00 bits per heavy atom. The number of piperidine rings is 1. The quantitative estimate of drug-likeness (QED) is 0.668. The van der Waals surface area contributed by atoms with Crippen molar-refractivity contribution >= 4 is 5.97 Å². The van der Waals surface area contributed by atoms with E-state index in [0.29, 0.717) is 12.5 Å². The van der Waals surface area contributed by atoms with E-state index in [2.05, 4.69) is 18.7 Å². The fraction of sp³-hybridized carbons (Fsp3) is 0.917. The molecule has 0 atom stereocenters. The van der Waals surface area contributed by atoms with Crippen LogP contribution in [-0.2, 0) is 9.53 Å². The van der Waals surface area contributed by atoms with Crippen molar-refractivity contribution in [1.82, 2.24) is 4.90 Å². The molecule has 0 aromatic rings. The topological polar surface area (TPSA) is 29.5 Å². The van der Waals surface area contributed by atoms with Crippen molar-refractivity contribution in [3.63, 3.8) is 0 Å². The molecule has 3 nitrogen and oxygen atoms in total. The van der Waals surface area contributed by atoms with Crippen LogP contribution in [0.25, 0.3) is 0 Å². The highest BCUT2D eigenvalue weighted by Gasteiger charge is 2.25. The van der Waals surface area contributed by atoms with Crippen molar-refractivity contribution in [3.8, 4) is 0 Å². The number of likely N-dealkylation sites (tertiary alicyclic amines) is 1. The number of nitrogens with zero attached hydrogens (tertiary/aromatic N) is 1. The largest absolute Gasteiger partial charge is 0.466 e. The molecule has 1 aliphatic rings. The van der Waals surface area contributed by atoms with Gasteiger partial charge in [0.1, 0.15) is 0 Å². The highest BCUT2D eigenvalue weighted by atomic mass is 16.5. The average Bonchev–Trinajstić information content (AvgIpc) is 2.18. The number of ether oxygens (including phenoxy) is 1. The molecule has 1 saturated heterocycles. The van der Waals surface area contributed by atoms with Crippen LogP contribution in [0.3, 0.4) is 0 Å². The van der Waals surface area contributed by atoms with Gasteiger partial charge in [-0.25, -0.2) is 0 Å². The molecule has 0 saturated carbocycles. The SMILES string of the molecule is CCOC(=O)C1CCN(CC(C)C)CC1. The number of esters is 1. The number of rotatable bonds is 4. The summed E-state index contributed by atoms with van der Waals surface area (Å²) >= 11 is 0. The molecule has 1 rings (SSSR count). The summed E-state index contributed by atoms with van der Waals surface area (Å²) in [6, 6.07) is 0. The van der Waals surface area contributed by atoms with Crippen LogP contribution in [0.5, 0.6) is 0 Å². The van der Waals surface area contributed by atoms with Crippen molar-refractivity contribution in [3.05, 3.63) is 0 Å². The van der Waals surface area contributed by atoms with E-state index < -0.39 is 0 Å². The normalized spacial score (nSPS) is 19.5. The van der Waals surface area contributed by atoms with Gasteiger partial charge >= 0.3 is 5.97 Å². The highest BCUT2D eigenvalue weighted by molar-refractivity contribution is 5.72. The van der Waals surface area contributed by atoms with Crippen molar-refractivity contribution < 1.29 is 9.53 Å². The zero-order chi connectivity index (χ0) is 11.3. The molecule has 0 bridgehead atoms. The molecule has 1 fully saturated rings. The lowest BCUT2D eigenvalue weighted by atomic mass is 9.96. The second kappa shape index (κ2) is 6.11. The Balaban J connectivity index is 2.26. The molecule has 0 spiro atoms. The second-order valence-electron chi connectivity index (χ2n) is 4.72. The molecule has 0 aromatic carbocycles. The molecule has 0 amide bonds. The average molecular weight is 213 g/mol. The van der Waals surface area contributed by atoms with Gasteiger partial charge in [-0.1, -0.05) is 13.8 Å². The molecule has 1 aliphatic heterocycles. The maximum absolute atomic E-state index is 11.5. The second-order valence-corrected chi connectivity index (χ2v) is 4.72. The standard InChI is InChI=1S/C12H23NO2/c1-4-15-12(14)11-5-7-13(8-6-11)9-10(2)3/h10-11H,4-9H2,1-3H3. The van der Waals surface area contributed by atoms with E-state index in [0.717, 1.165) is 32.5 Å². The number of hydrogen-bond donors (Lipinski definition) is 0. The first-order chi connectivity index (χ1) is 7.13. The van der Waals surface area contributed by atoms with Gasteiger partial charge in [0.2, 0.25) is 0 Å². The van der Waals surface area contributed by atoms with Crippen LogP contribution in [-0.4, -0.2) is 37.1 Å². The zero-order valence-corrected chi connectivity index (χ0v) is 10.2. The first-order valence-corrected chi connectivity index (χ1v) is 6.02. The van der Waals surface area contributed by atoms with E-state index in [1.807, 2.05) is 6.92 Å². The predicted molar refractivity (Wildman–Crippen MR) is 60.6 cm³/mol. The summed E-state index contributed by atoms with van der Waals surface area (Å²) in [6.45, 7) is 10.1. The van der Waals surface area contributed by atoms with Gasteiger partial charge in [-0.05, 0) is 38.8 Å². The smallest absolute Gasteiger partial charge is 0.309 e. The van der Waals surface area contributed by atoms with Gasteiger partial charge in [-0.2, -0.15) is 0 Å². The Hall–Kier alpha value is -0.570. The van der Waals surface area contributed by atoms with Crippen molar-refractivity contribution in [1.29, 1.82) is 0 Å². The first-order valence-electron chi connectivity index (χ1n) is 6.02. The summed E-state index contributed by atoms with van der Waals surface area (Å²) in [6.07, 6.45) is 1.93. The summed E-state index contributed by atoms with van der Waals surface area (Å²) < 4.78 is 5.04. The summed E-state index contributed by atoms with van der Waals surface area (Å²) in [5.74, 6) is 0.860. The molecule has 0 aromatic heterocycles. The van der Waals surface area contributed by atoms with Gasteiger partial charge in [0, 0.05) is 6.54 Å². The summed E-state index contributed by atoms with van der Waals surface area (Å²) in [4.78, 5) is 13.9. The first kappa shape index (κ1) is 12.5. The Kier molecular flexibility index (Phi) is 5.09. The Morgan fingerprint density at radius 1 is 1.40 bits per heavy atom. The fourth-order valence-corrected chi connectivity index (χ4v) is 2.13. The molecule has 88 valence electrons. The van der Waals surface area contributed by atoms with Gasteiger partial charge in [0.05, 0.1) is 12.5 Å². The van der Waals surface area contributed by atoms with Gasteiger partial charge < -0.3 is 9.64 Å². The van der Waals surface area contributed by atoms with E-state index >= 15 is 0 Å². The lowest BCUT2D eigenvalue weighted by Gasteiger charge is -2.31. The molecule has 15 heavy (non-hydrogen) atoms. The third-order valence-electron chi connectivity index (χ3n) is 2.83. The lowest BCUT2D eigenvalue weighted by molar-refractivity contribution is -0.149. The van der Waals surface area contributed by atoms with E-state index in [4.69, 9.17) is 4.74 Å². The van der Waals surface area contributed by atoms with Crippen LogP contribution < -0.4 is 0 Å². The van der Waals surface area contributed by atoms with Crippen LogP contribution in [0, 0.1) is 11.8 Å². The Bertz CT molecular complexity index is 196. The highest BCUT2D eigenvalue weighted by Crippen LogP contribution is 2.19. The van der Waals surface area contributed by atoms with E-state index in [1.165, 1.54) is 0 Å².